The van der Waals surface area contributed by atoms with E-state index < -0.39 is 7.82 Å². The van der Waals surface area contributed by atoms with Gasteiger partial charge in [0.15, 0.2) is 0 Å². The number of carbonyl (C=O) groups is 2. The molecule has 0 bridgehead atoms. The summed E-state index contributed by atoms with van der Waals surface area (Å²) in [6, 6.07) is 0. The third-order valence-corrected chi connectivity index (χ3v) is 4.50. The summed E-state index contributed by atoms with van der Waals surface area (Å²) in [4.78, 5) is 46.4. The lowest BCUT2D eigenvalue weighted by molar-refractivity contribution is -0.117. The van der Waals surface area contributed by atoms with Gasteiger partial charge in [0.1, 0.15) is 11.4 Å². The van der Waals surface area contributed by atoms with Crippen LogP contribution in [0.4, 0.5) is 0 Å². The molecule has 0 saturated carbocycles. The van der Waals surface area contributed by atoms with Crippen LogP contribution in [0.3, 0.4) is 0 Å². The molecule has 4 aliphatic rings. The molecule has 3 heterocycles. The molecule has 1 aliphatic carbocycles. The summed E-state index contributed by atoms with van der Waals surface area (Å²) in [7, 11) is -4.27. The zero-order chi connectivity index (χ0) is 18.2. The van der Waals surface area contributed by atoms with Gasteiger partial charge in [-0.25, -0.2) is 4.57 Å². The predicted octanol–water partition coefficient (Wildman–Crippen LogP) is -0.485. The van der Waals surface area contributed by atoms with Crippen molar-refractivity contribution in [2.24, 2.45) is 0 Å². The smallest absolute Gasteiger partial charge is 0.365 e. The van der Waals surface area contributed by atoms with E-state index >= 15 is 0 Å². The molecule has 3 saturated heterocycles. The average Bonchev–Trinajstić information content (AvgIpc) is 3.38. The molecule has 0 aromatic heterocycles. The average molecular weight is 392 g/mol. The highest BCUT2D eigenvalue weighted by Gasteiger charge is 2.43. The van der Waals surface area contributed by atoms with Crippen molar-refractivity contribution in [2.45, 2.75) is 0 Å². The van der Waals surface area contributed by atoms with E-state index in [2.05, 4.69) is 4.52 Å². The van der Waals surface area contributed by atoms with Crippen LogP contribution in [-0.4, -0.2) is 87.8 Å². The number of rotatable bonds is 6. The van der Waals surface area contributed by atoms with Crippen LogP contribution < -0.4 is 0 Å². The number of alkyl halides is 1. The summed E-state index contributed by atoms with van der Waals surface area (Å²) in [5.41, 5.74) is 1.89. The van der Waals surface area contributed by atoms with Crippen LogP contribution in [0.25, 0.3) is 0 Å². The van der Waals surface area contributed by atoms with E-state index in [4.69, 9.17) is 21.4 Å². The summed E-state index contributed by atoms with van der Waals surface area (Å²) in [5.74, 6) is 0.137. The fourth-order valence-electron chi connectivity index (χ4n) is 2.43. The molecule has 0 unspecified atom stereocenters. The van der Waals surface area contributed by atoms with Gasteiger partial charge in [-0.2, -0.15) is 0 Å². The Bertz CT molecular complexity index is 691. The van der Waals surface area contributed by atoms with E-state index in [1.165, 1.54) is 6.08 Å². The van der Waals surface area contributed by atoms with Gasteiger partial charge in [0.05, 0.1) is 12.3 Å². The topological polar surface area (TPSA) is 110 Å². The van der Waals surface area contributed by atoms with Gasteiger partial charge in [-0.3, -0.25) is 14.1 Å². The second-order valence-electron chi connectivity index (χ2n) is 5.89. The number of halogens is 1. The highest BCUT2D eigenvalue weighted by Crippen LogP contribution is 2.35. The first kappa shape index (κ1) is 18.4. The molecule has 3 aliphatic heterocycles. The van der Waals surface area contributed by atoms with Crippen LogP contribution in [0.1, 0.15) is 0 Å². The molecular formula is C14H19ClN3O6P. The number of phosphoric acid groups is 1. The fraction of sp³-hybridized carbons (Fsp3) is 0.571. The number of phosphoric ester groups is 1. The molecule has 0 radical (unpaired) electrons. The van der Waals surface area contributed by atoms with Crippen molar-refractivity contribution in [2.75, 3.05) is 51.8 Å². The molecule has 0 aromatic carbocycles. The third-order valence-electron chi connectivity index (χ3n) is 3.82. The number of ketones is 2. The van der Waals surface area contributed by atoms with Crippen LogP contribution in [0.2, 0.25) is 0 Å². The highest BCUT2D eigenvalue weighted by molar-refractivity contribution is 7.46. The maximum atomic E-state index is 12.4. The Balaban J connectivity index is 0.000000197. The van der Waals surface area contributed by atoms with Crippen molar-refractivity contribution in [1.82, 2.24) is 14.7 Å². The van der Waals surface area contributed by atoms with Crippen molar-refractivity contribution >= 4 is 31.0 Å². The van der Waals surface area contributed by atoms with E-state index in [0.29, 0.717) is 17.1 Å². The van der Waals surface area contributed by atoms with E-state index in [-0.39, 0.29) is 24.1 Å². The van der Waals surface area contributed by atoms with E-state index in [1.807, 2.05) is 14.7 Å². The lowest BCUT2D eigenvalue weighted by Gasteiger charge is -2.21. The van der Waals surface area contributed by atoms with Crippen LogP contribution in [-0.2, 0) is 18.7 Å². The molecule has 4 rings (SSSR count). The molecule has 2 N–H and O–H groups in total. The van der Waals surface area contributed by atoms with Gasteiger partial charge in [0.2, 0.25) is 11.6 Å². The van der Waals surface area contributed by atoms with Crippen molar-refractivity contribution < 1.29 is 28.5 Å². The number of hydrogen-bond acceptors (Lipinski definition) is 7. The molecule has 25 heavy (non-hydrogen) atoms. The molecule has 0 atom stereocenters. The van der Waals surface area contributed by atoms with Crippen molar-refractivity contribution in [3.8, 4) is 0 Å². The quantitative estimate of drug-likeness (QED) is 0.268. The molecule has 0 spiro atoms. The fourth-order valence-corrected chi connectivity index (χ4v) is 2.94. The first-order chi connectivity index (χ1) is 11.8. The van der Waals surface area contributed by atoms with Gasteiger partial charge in [-0.1, -0.05) is 0 Å². The van der Waals surface area contributed by atoms with Gasteiger partial charge in [-0.15, -0.1) is 11.6 Å². The summed E-state index contributed by atoms with van der Waals surface area (Å²) >= 11 is 5.04. The molecular weight excluding hydrogens is 373 g/mol. The van der Waals surface area contributed by atoms with E-state index in [0.717, 1.165) is 39.3 Å². The first-order valence-corrected chi connectivity index (χ1v) is 9.94. The van der Waals surface area contributed by atoms with Crippen LogP contribution in [0, 0.1) is 0 Å². The van der Waals surface area contributed by atoms with Gasteiger partial charge in [0.25, 0.3) is 0 Å². The van der Waals surface area contributed by atoms with E-state index in [9.17, 15) is 14.2 Å². The van der Waals surface area contributed by atoms with E-state index in [1.54, 1.807) is 0 Å². The minimum atomic E-state index is -4.27. The Morgan fingerprint density at radius 2 is 1.52 bits per heavy atom. The Morgan fingerprint density at radius 1 is 1.00 bits per heavy atom. The molecule has 9 nitrogen and oxygen atoms in total. The normalized spacial score (nSPS) is 21.9. The summed E-state index contributed by atoms with van der Waals surface area (Å²) in [6.07, 6.45) is 1.52. The molecule has 138 valence electrons. The first-order valence-electron chi connectivity index (χ1n) is 7.87. The minimum absolute atomic E-state index is 0.00546. The summed E-state index contributed by atoms with van der Waals surface area (Å²) < 4.78 is 13.7. The number of Topliss-reactive ketones (excluding diaryl/α,β-unsaturated/α-hetero) is 1. The maximum Gasteiger partial charge on any atom is 0.469 e. The van der Waals surface area contributed by atoms with Gasteiger partial charge in [-0.05, 0) is 0 Å². The third kappa shape index (κ3) is 4.83. The van der Waals surface area contributed by atoms with Crippen LogP contribution >= 0.6 is 19.4 Å². The molecule has 0 aromatic rings. The highest BCUT2D eigenvalue weighted by atomic mass is 35.5. The van der Waals surface area contributed by atoms with Gasteiger partial charge < -0.3 is 24.5 Å². The zero-order valence-corrected chi connectivity index (χ0v) is 15.1. The van der Waals surface area contributed by atoms with Crippen molar-refractivity contribution in [1.29, 1.82) is 0 Å². The predicted molar refractivity (Wildman–Crippen MR) is 88.6 cm³/mol. The number of hydrogen-bond donors (Lipinski definition) is 2. The largest absolute Gasteiger partial charge is 0.469 e. The lowest BCUT2D eigenvalue weighted by atomic mass is 10.0. The summed E-state index contributed by atoms with van der Waals surface area (Å²) in [5, 5.41) is 0. The number of allylic oxidation sites excluding steroid dienone is 1. The molecule has 0 amide bonds. The Kier molecular flexibility index (Phi) is 5.22. The molecule has 3 fully saturated rings. The van der Waals surface area contributed by atoms with Crippen molar-refractivity contribution in [3.63, 3.8) is 0 Å². The Morgan fingerprint density at radius 3 is 1.92 bits per heavy atom. The van der Waals surface area contributed by atoms with Crippen molar-refractivity contribution in [3.05, 3.63) is 23.2 Å². The maximum absolute atomic E-state index is 12.4. The monoisotopic (exact) mass is 391 g/mol. The number of nitrogens with zero attached hydrogens (tertiary/aromatic N) is 3. The second kappa shape index (κ2) is 7.09. The lowest BCUT2D eigenvalue weighted by Crippen LogP contribution is -2.29. The SMILES string of the molecule is O=C1C=C(N2CC2)C(=O)C(N2CC2)=C1N1CC1.O=P(O)(O)OCCCl. The second-order valence-corrected chi connectivity index (χ2v) is 7.51. The van der Waals surface area contributed by atoms with Crippen LogP contribution in [0.15, 0.2) is 23.2 Å². The van der Waals surface area contributed by atoms with Crippen LogP contribution in [0.5, 0.6) is 0 Å². The molecule has 11 heteroatoms. The Hall–Kier alpha value is -1.38. The summed E-state index contributed by atoms with van der Waals surface area (Å²) in [6.45, 7) is 5.29. The minimum Gasteiger partial charge on any atom is -0.365 e. The zero-order valence-electron chi connectivity index (χ0n) is 13.4. The number of carbonyl (C=O) groups excluding carboxylic acids is 2. The van der Waals surface area contributed by atoms with Gasteiger partial charge in [0, 0.05) is 51.2 Å². The standard InChI is InChI=1S/C12H13N3O2.C2H6ClO4P/c16-9-7-8(13-1-2-13)12(17)11(15-5-6-15)10(9)14-3-4-14;3-1-2-7-8(4,5)6/h7H,1-6H2;1-2H2,(H2,4,5,6). The van der Waals surface area contributed by atoms with Gasteiger partial charge >= 0.3 is 7.82 Å². The Labute approximate surface area is 149 Å².